The van der Waals surface area contributed by atoms with Gasteiger partial charge in [0.05, 0.1) is 0 Å². The number of hydrogen-bond donors (Lipinski definition) is 1. The molecule has 0 aliphatic carbocycles. The van der Waals surface area contributed by atoms with Crippen LogP contribution >= 0.6 is 0 Å². The van der Waals surface area contributed by atoms with Gasteiger partial charge in [0, 0.05) is 19.0 Å². The van der Waals surface area contributed by atoms with Crippen LogP contribution in [0.4, 0.5) is 4.39 Å². The molecule has 4 heteroatoms. The maximum absolute atomic E-state index is 13.7. The molecule has 1 N–H and O–H groups in total. The summed E-state index contributed by atoms with van der Waals surface area (Å²) in [5, 5.41) is 3.45. The maximum Gasteiger partial charge on any atom is 0.225 e. The van der Waals surface area contributed by atoms with Crippen LogP contribution in [0.5, 0.6) is 0 Å². The summed E-state index contributed by atoms with van der Waals surface area (Å²) in [5.41, 5.74) is 0.638. The number of nitrogens with one attached hydrogen (secondary N) is 1. The summed E-state index contributed by atoms with van der Waals surface area (Å²) in [6.45, 7) is 5.81. The summed E-state index contributed by atoms with van der Waals surface area (Å²) in [5.74, 6) is 1.25. The highest BCUT2D eigenvalue weighted by Crippen LogP contribution is 2.28. The topological polar surface area (TPSA) is 32.3 Å². The van der Waals surface area contributed by atoms with E-state index in [0.29, 0.717) is 12.0 Å². The molecule has 2 heterocycles. The van der Waals surface area contributed by atoms with E-state index in [1.807, 2.05) is 17.9 Å². The molecule has 0 spiro atoms. The fourth-order valence-electron chi connectivity index (χ4n) is 3.83. The molecule has 120 valence electrons. The molecule has 1 amide bonds. The first kappa shape index (κ1) is 15.5. The Morgan fingerprint density at radius 1 is 1.27 bits per heavy atom. The number of halogens is 1. The molecule has 3 atom stereocenters. The van der Waals surface area contributed by atoms with E-state index in [1.54, 1.807) is 12.1 Å². The zero-order chi connectivity index (χ0) is 15.5. The zero-order valence-corrected chi connectivity index (χ0v) is 13.2. The molecule has 0 aromatic heterocycles. The van der Waals surface area contributed by atoms with Crippen LogP contribution in [0.1, 0.15) is 25.3 Å². The van der Waals surface area contributed by atoms with Crippen molar-refractivity contribution in [2.45, 2.75) is 26.2 Å². The van der Waals surface area contributed by atoms with Gasteiger partial charge in [-0.1, -0.05) is 25.1 Å². The first-order valence-corrected chi connectivity index (χ1v) is 8.38. The number of likely N-dealkylation sites (tertiary alicyclic amines) is 1. The molecule has 3 rings (SSSR count). The van der Waals surface area contributed by atoms with E-state index in [4.69, 9.17) is 0 Å². The van der Waals surface area contributed by atoms with Crippen molar-refractivity contribution >= 4 is 5.91 Å². The molecular formula is C18H25FN2O. The molecule has 1 unspecified atom stereocenters. The van der Waals surface area contributed by atoms with Crippen LogP contribution in [0.3, 0.4) is 0 Å². The molecule has 3 nitrogen and oxygen atoms in total. The van der Waals surface area contributed by atoms with Gasteiger partial charge in [0.1, 0.15) is 5.82 Å². The Bertz CT molecular complexity index is 520. The smallest absolute Gasteiger partial charge is 0.225 e. The normalized spacial score (nSPS) is 26.4. The maximum atomic E-state index is 13.7. The van der Waals surface area contributed by atoms with Gasteiger partial charge in [-0.3, -0.25) is 4.79 Å². The molecule has 1 aromatic carbocycles. The Morgan fingerprint density at radius 3 is 2.55 bits per heavy atom. The highest BCUT2D eigenvalue weighted by atomic mass is 19.1. The monoisotopic (exact) mass is 304 g/mol. The second-order valence-corrected chi connectivity index (χ2v) is 6.78. The molecule has 2 fully saturated rings. The number of carbonyl (C=O) groups excluding carboxylic acids is 1. The average Bonchev–Trinajstić information content (AvgIpc) is 2.87. The van der Waals surface area contributed by atoms with E-state index in [9.17, 15) is 9.18 Å². The summed E-state index contributed by atoms with van der Waals surface area (Å²) in [4.78, 5) is 14.7. The fraction of sp³-hybridized carbons (Fsp3) is 0.611. The van der Waals surface area contributed by atoms with Crippen molar-refractivity contribution in [1.82, 2.24) is 10.2 Å². The molecule has 0 bridgehead atoms. The van der Waals surface area contributed by atoms with E-state index in [1.165, 1.54) is 6.07 Å². The lowest BCUT2D eigenvalue weighted by molar-refractivity contribution is -0.135. The van der Waals surface area contributed by atoms with Gasteiger partial charge >= 0.3 is 0 Å². The predicted octanol–water partition coefficient (Wildman–Crippen LogP) is 2.46. The predicted molar refractivity (Wildman–Crippen MR) is 84.9 cm³/mol. The van der Waals surface area contributed by atoms with E-state index in [0.717, 1.165) is 50.9 Å². The highest BCUT2D eigenvalue weighted by Gasteiger charge is 2.32. The highest BCUT2D eigenvalue weighted by molar-refractivity contribution is 5.78. The van der Waals surface area contributed by atoms with Crippen LogP contribution < -0.4 is 5.32 Å². The number of rotatable bonds is 3. The lowest BCUT2D eigenvalue weighted by Gasteiger charge is -2.24. The molecule has 2 aliphatic heterocycles. The van der Waals surface area contributed by atoms with Crippen molar-refractivity contribution in [1.29, 1.82) is 0 Å². The van der Waals surface area contributed by atoms with Crippen molar-refractivity contribution in [3.63, 3.8) is 0 Å². The molecule has 1 aromatic rings. The fourth-order valence-corrected chi connectivity index (χ4v) is 3.83. The van der Waals surface area contributed by atoms with Gasteiger partial charge in [-0.25, -0.2) is 4.39 Å². The number of benzene rings is 1. The Labute approximate surface area is 131 Å². The van der Waals surface area contributed by atoms with Gasteiger partial charge in [0.15, 0.2) is 0 Å². The second kappa shape index (κ2) is 6.78. The number of carbonyl (C=O) groups is 1. The van der Waals surface area contributed by atoms with Gasteiger partial charge in [0.2, 0.25) is 5.91 Å². The Balaban J connectivity index is 1.60. The summed E-state index contributed by atoms with van der Waals surface area (Å²) in [6.07, 6.45) is 2.67. The zero-order valence-electron chi connectivity index (χ0n) is 13.2. The van der Waals surface area contributed by atoms with Crippen LogP contribution in [-0.4, -0.2) is 37.0 Å². The minimum atomic E-state index is -0.210. The van der Waals surface area contributed by atoms with E-state index in [2.05, 4.69) is 5.32 Å². The molecule has 0 saturated carbocycles. The van der Waals surface area contributed by atoms with Crippen LogP contribution in [-0.2, 0) is 11.2 Å². The third kappa shape index (κ3) is 3.32. The van der Waals surface area contributed by atoms with Crippen LogP contribution in [0.25, 0.3) is 0 Å². The largest absolute Gasteiger partial charge is 0.342 e. The molecule has 22 heavy (non-hydrogen) atoms. The van der Waals surface area contributed by atoms with Gasteiger partial charge < -0.3 is 10.2 Å². The molecule has 2 aliphatic rings. The Morgan fingerprint density at radius 2 is 1.91 bits per heavy atom. The van der Waals surface area contributed by atoms with Gasteiger partial charge in [-0.05, 0) is 55.8 Å². The van der Waals surface area contributed by atoms with Crippen molar-refractivity contribution < 1.29 is 9.18 Å². The average molecular weight is 304 g/mol. The van der Waals surface area contributed by atoms with Crippen molar-refractivity contribution in [3.8, 4) is 0 Å². The number of hydrogen-bond acceptors (Lipinski definition) is 2. The van der Waals surface area contributed by atoms with Crippen LogP contribution in [0.15, 0.2) is 24.3 Å². The standard InChI is InChI=1S/C18H25FN2O/c1-13(10-14-4-2-3-5-17(14)19)18(22)21-8-6-15-11-20-12-16(15)7-9-21/h2-5,13,15-16,20H,6-12H2,1H3/t13?,15-,16+. The summed E-state index contributed by atoms with van der Waals surface area (Å²) in [7, 11) is 0. The Hall–Kier alpha value is -1.42. The second-order valence-electron chi connectivity index (χ2n) is 6.78. The Kier molecular flexibility index (Phi) is 4.77. The minimum Gasteiger partial charge on any atom is -0.342 e. The van der Waals surface area contributed by atoms with Gasteiger partial charge in [-0.15, -0.1) is 0 Å². The third-order valence-electron chi connectivity index (χ3n) is 5.24. The lowest BCUT2D eigenvalue weighted by Crippen LogP contribution is -2.37. The third-order valence-corrected chi connectivity index (χ3v) is 5.24. The lowest BCUT2D eigenvalue weighted by atomic mass is 9.92. The van der Waals surface area contributed by atoms with Crippen LogP contribution in [0, 0.1) is 23.6 Å². The van der Waals surface area contributed by atoms with Gasteiger partial charge in [-0.2, -0.15) is 0 Å². The van der Waals surface area contributed by atoms with Crippen LogP contribution in [0.2, 0.25) is 0 Å². The first-order chi connectivity index (χ1) is 10.6. The number of nitrogens with zero attached hydrogens (tertiary/aromatic N) is 1. The van der Waals surface area contributed by atoms with Gasteiger partial charge in [0.25, 0.3) is 0 Å². The quantitative estimate of drug-likeness (QED) is 0.930. The van der Waals surface area contributed by atoms with E-state index >= 15 is 0 Å². The van der Waals surface area contributed by atoms with Crippen molar-refractivity contribution in [2.75, 3.05) is 26.2 Å². The number of fused-ring (bicyclic) bond motifs is 1. The van der Waals surface area contributed by atoms with E-state index < -0.39 is 0 Å². The summed E-state index contributed by atoms with van der Waals surface area (Å²) < 4.78 is 13.7. The minimum absolute atomic E-state index is 0.159. The first-order valence-electron chi connectivity index (χ1n) is 8.38. The SMILES string of the molecule is CC(Cc1ccccc1F)C(=O)N1CC[C@@H]2CNC[C@@H]2CC1. The van der Waals surface area contributed by atoms with Crippen molar-refractivity contribution in [3.05, 3.63) is 35.6 Å². The summed E-state index contributed by atoms with van der Waals surface area (Å²) >= 11 is 0. The van der Waals surface area contributed by atoms with E-state index in [-0.39, 0.29) is 17.6 Å². The summed E-state index contributed by atoms with van der Waals surface area (Å²) in [6, 6.07) is 6.76. The number of amides is 1. The molecular weight excluding hydrogens is 279 g/mol. The van der Waals surface area contributed by atoms with Crippen molar-refractivity contribution in [2.24, 2.45) is 17.8 Å². The molecule has 0 radical (unpaired) electrons. The molecule has 2 saturated heterocycles.